The average Bonchev–Trinajstić information content (AvgIpc) is 2.56. The molecule has 0 aliphatic carbocycles. The van der Waals surface area contributed by atoms with Crippen molar-refractivity contribution in [1.82, 2.24) is 0 Å². The number of carbonyl (C=O) groups is 1. The molecule has 24 heavy (non-hydrogen) atoms. The second-order valence-corrected chi connectivity index (χ2v) is 6.20. The molecule has 122 valence electrons. The van der Waals surface area contributed by atoms with Crippen LogP contribution in [0.3, 0.4) is 0 Å². The SMILES string of the molecule is COc1cc2ccccc2cc1C(=O)Nc1c(C)cc(C)cc1Cl. The van der Waals surface area contributed by atoms with Crippen LogP contribution in [0.2, 0.25) is 5.02 Å². The molecule has 0 atom stereocenters. The Morgan fingerprint density at radius 3 is 2.33 bits per heavy atom. The number of benzene rings is 3. The summed E-state index contributed by atoms with van der Waals surface area (Å²) in [5.74, 6) is 0.290. The van der Waals surface area contributed by atoms with Gasteiger partial charge >= 0.3 is 0 Å². The number of ether oxygens (including phenoxy) is 1. The summed E-state index contributed by atoms with van der Waals surface area (Å²) >= 11 is 6.29. The van der Waals surface area contributed by atoms with Crippen LogP contribution in [-0.2, 0) is 0 Å². The molecule has 0 radical (unpaired) electrons. The van der Waals surface area contributed by atoms with Gasteiger partial charge in [0, 0.05) is 0 Å². The lowest BCUT2D eigenvalue weighted by Gasteiger charge is -2.14. The number of nitrogens with one attached hydrogen (secondary N) is 1. The van der Waals surface area contributed by atoms with Crippen molar-refractivity contribution in [2.24, 2.45) is 0 Å². The van der Waals surface area contributed by atoms with E-state index in [0.717, 1.165) is 21.9 Å². The molecule has 3 aromatic carbocycles. The zero-order chi connectivity index (χ0) is 17.3. The Hall–Kier alpha value is -2.52. The number of anilines is 1. The predicted molar refractivity (Wildman–Crippen MR) is 99.4 cm³/mol. The first-order valence-electron chi connectivity index (χ1n) is 7.64. The van der Waals surface area contributed by atoms with E-state index in [-0.39, 0.29) is 5.91 Å². The Morgan fingerprint density at radius 1 is 1.04 bits per heavy atom. The molecule has 0 bridgehead atoms. The molecule has 1 N–H and O–H groups in total. The third-order valence-electron chi connectivity index (χ3n) is 3.98. The number of hydrogen-bond acceptors (Lipinski definition) is 2. The molecule has 0 saturated heterocycles. The van der Waals surface area contributed by atoms with Gasteiger partial charge in [-0.2, -0.15) is 0 Å². The van der Waals surface area contributed by atoms with Crippen molar-refractivity contribution in [3.05, 3.63) is 70.2 Å². The summed E-state index contributed by atoms with van der Waals surface area (Å²) in [5.41, 5.74) is 3.08. The molecule has 3 rings (SSSR count). The van der Waals surface area contributed by atoms with E-state index in [2.05, 4.69) is 5.32 Å². The van der Waals surface area contributed by atoms with E-state index >= 15 is 0 Å². The Morgan fingerprint density at radius 2 is 1.71 bits per heavy atom. The molecular formula is C20H18ClNO2. The number of rotatable bonds is 3. The van der Waals surface area contributed by atoms with E-state index in [1.807, 2.05) is 62.4 Å². The highest BCUT2D eigenvalue weighted by atomic mass is 35.5. The fourth-order valence-corrected chi connectivity index (χ4v) is 3.19. The molecule has 0 saturated carbocycles. The number of carbonyl (C=O) groups excluding carboxylic acids is 1. The summed E-state index contributed by atoms with van der Waals surface area (Å²) in [7, 11) is 1.56. The van der Waals surface area contributed by atoms with Gasteiger partial charge in [-0.05, 0) is 53.9 Å². The lowest BCUT2D eigenvalue weighted by Crippen LogP contribution is -2.14. The highest BCUT2D eigenvalue weighted by molar-refractivity contribution is 6.34. The van der Waals surface area contributed by atoms with Crippen LogP contribution in [0, 0.1) is 13.8 Å². The van der Waals surface area contributed by atoms with Gasteiger partial charge in [0.2, 0.25) is 0 Å². The summed E-state index contributed by atoms with van der Waals surface area (Å²) in [6.45, 7) is 3.89. The van der Waals surface area contributed by atoms with Crippen LogP contribution in [0.1, 0.15) is 21.5 Å². The second kappa shape index (κ2) is 6.54. The maximum absolute atomic E-state index is 12.8. The monoisotopic (exact) mass is 339 g/mol. The van der Waals surface area contributed by atoms with E-state index in [1.54, 1.807) is 7.11 Å². The zero-order valence-electron chi connectivity index (χ0n) is 13.8. The number of halogens is 1. The molecule has 0 heterocycles. The molecule has 0 unspecified atom stereocenters. The highest BCUT2D eigenvalue weighted by Crippen LogP contribution is 2.30. The van der Waals surface area contributed by atoms with Crippen LogP contribution in [0.4, 0.5) is 5.69 Å². The topological polar surface area (TPSA) is 38.3 Å². The van der Waals surface area contributed by atoms with Crippen LogP contribution in [0.15, 0.2) is 48.5 Å². The molecule has 1 amide bonds. The number of fused-ring (bicyclic) bond motifs is 1. The third-order valence-corrected chi connectivity index (χ3v) is 4.28. The van der Waals surface area contributed by atoms with Gasteiger partial charge in [0.25, 0.3) is 5.91 Å². The highest BCUT2D eigenvalue weighted by Gasteiger charge is 2.16. The molecular weight excluding hydrogens is 322 g/mol. The normalized spacial score (nSPS) is 10.7. The van der Waals surface area contributed by atoms with Crippen molar-refractivity contribution in [2.75, 3.05) is 12.4 Å². The van der Waals surface area contributed by atoms with Crippen LogP contribution in [0.5, 0.6) is 5.75 Å². The Labute approximate surface area is 146 Å². The summed E-state index contributed by atoms with van der Waals surface area (Å²) in [6, 6.07) is 15.4. The van der Waals surface area contributed by atoms with E-state index in [1.165, 1.54) is 0 Å². The van der Waals surface area contributed by atoms with Crippen LogP contribution in [0.25, 0.3) is 10.8 Å². The van der Waals surface area contributed by atoms with Crippen molar-refractivity contribution in [3.8, 4) is 5.75 Å². The van der Waals surface area contributed by atoms with Gasteiger partial charge in [0.15, 0.2) is 0 Å². The molecule has 3 nitrogen and oxygen atoms in total. The predicted octanol–water partition coefficient (Wildman–Crippen LogP) is 5.37. The summed E-state index contributed by atoms with van der Waals surface area (Å²) in [6.07, 6.45) is 0. The second-order valence-electron chi connectivity index (χ2n) is 5.79. The van der Waals surface area contributed by atoms with Gasteiger partial charge in [0.1, 0.15) is 5.75 Å². The Kier molecular flexibility index (Phi) is 4.45. The van der Waals surface area contributed by atoms with Gasteiger partial charge in [0.05, 0.1) is 23.4 Å². The fourth-order valence-electron chi connectivity index (χ4n) is 2.82. The molecule has 3 aromatic rings. The molecule has 0 aliphatic heterocycles. The fraction of sp³-hybridized carbons (Fsp3) is 0.150. The van der Waals surface area contributed by atoms with Gasteiger partial charge in [-0.25, -0.2) is 0 Å². The van der Waals surface area contributed by atoms with Crippen molar-refractivity contribution in [2.45, 2.75) is 13.8 Å². The Bertz CT molecular complexity index is 911. The first kappa shape index (κ1) is 16.3. The number of hydrogen-bond donors (Lipinski definition) is 1. The van der Waals surface area contributed by atoms with Gasteiger partial charge in [-0.1, -0.05) is 41.9 Å². The van der Waals surface area contributed by atoms with Crippen molar-refractivity contribution in [3.63, 3.8) is 0 Å². The molecule has 0 spiro atoms. The molecule has 0 aromatic heterocycles. The molecule has 0 aliphatic rings. The first-order chi connectivity index (χ1) is 11.5. The van der Waals surface area contributed by atoms with E-state index in [4.69, 9.17) is 16.3 Å². The van der Waals surface area contributed by atoms with E-state index < -0.39 is 0 Å². The largest absolute Gasteiger partial charge is 0.496 e. The minimum absolute atomic E-state index is 0.244. The van der Waals surface area contributed by atoms with E-state index in [9.17, 15) is 4.79 Å². The van der Waals surface area contributed by atoms with Crippen molar-refractivity contribution >= 4 is 34.0 Å². The quantitative estimate of drug-likeness (QED) is 0.696. The van der Waals surface area contributed by atoms with Crippen LogP contribution < -0.4 is 10.1 Å². The van der Waals surface area contributed by atoms with Crippen molar-refractivity contribution < 1.29 is 9.53 Å². The zero-order valence-corrected chi connectivity index (χ0v) is 14.6. The Balaban J connectivity index is 2.03. The maximum Gasteiger partial charge on any atom is 0.259 e. The van der Waals surface area contributed by atoms with Gasteiger partial charge in [-0.15, -0.1) is 0 Å². The number of aryl methyl sites for hydroxylation is 2. The van der Waals surface area contributed by atoms with Crippen molar-refractivity contribution in [1.29, 1.82) is 0 Å². The summed E-state index contributed by atoms with van der Waals surface area (Å²) in [4.78, 5) is 12.8. The molecule has 4 heteroatoms. The number of methoxy groups -OCH3 is 1. The van der Waals surface area contributed by atoms with E-state index in [0.29, 0.717) is 22.0 Å². The summed E-state index contributed by atoms with van der Waals surface area (Å²) < 4.78 is 5.40. The average molecular weight is 340 g/mol. The van der Waals surface area contributed by atoms with Gasteiger partial charge in [-0.3, -0.25) is 4.79 Å². The van der Waals surface area contributed by atoms with Crippen LogP contribution in [-0.4, -0.2) is 13.0 Å². The molecule has 0 fully saturated rings. The standard InChI is InChI=1S/C20H18ClNO2/c1-12-8-13(2)19(17(21)9-12)22-20(23)16-10-14-6-4-5-7-15(14)11-18(16)24-3/h4-11H,1-3H3,(H,22,23). The minimum Gasteiger partial charge on any atom is -0.496 e. The lowest BCUT2D eigenvalue weighted by molar-refractivity contribution is 0.102. The smallest absolute Gasteiger partial charge is 0.259 e. The minimum atomic E-state index is -0.244. The third kappa shape index (κ3) is 3.08. The maximum atomic E-state index is 12.8. The number of amides is 1. The van der Waals surface area contributed by atoms with Crippen LogP contribution >= 0.6 is 11.6 Å². The van der Waals surface area contributed by atoms with Gasteiger partial charge < -0.3 is 10.1 Å². The lowest BCUT2D eigenvalue weighted by atomic mass is 10.0. The summed E-state index contributed by atoms with van der Waals surface area (Å²) in [5, 5.41) is 5.44. The first-order valence-corrected chi connectivity index (χ1v) is 8.02.